The van der Waals surface area contributed by atoms with E-state index < -0.39 is 5.97 Å². The molecule has 0 aliphatic rings. The van der Waals surface area contributed by atoms with Crippen LogP contribution in [0.1, 0.15) is 18.9 Å². The number of aryl methyl sites for hydroxylation is 1. The van der Waals surface area contributed by atoms with Crippen LogP contribution in [0.4, 0.5) is 4.39 Å². The average molecular weight is 309 g/mol. The number of hydrogen-bond donors (Lipinski definition) is 1. The van der Waals surface area contributed by atoms with Crippen LogP contribution in [0, 0.1) is 12.7 Å². The number of carbonyl (C=O) groups is 1. The van der Waals surface area contributed by atoms with Crippen LogP contribution < -0.4 is 0 Å². The smallest absolute Gasteiger partial charge is 0.313 e. The third-order valence-corrected chi connectivity index (χ3v) is 3.86. The molecule has 0 radical (unpaired) electrons. The van der Waals surface area contributed by atoms with E-state index in [2.05, 4.69) is 10.2 Å². The maximum Gasteiger partial charge on any atom is 0.313 e. The molecule has 2 aromatic rings. The molecule has 7 heteroatoms. The van der Waals surface area contributed by atoms with Gasteiger partial charge in [-0.3, -0.25) is 4.79 Å². The van der Waals surface area contributed by atoms with Crippen molar-refractivity contribution in [2.75, 3.05) is 5.75 Å². The first-order valence-corrected chi connectivity index (χ1v) is 7.55. The van der Waals surface area contributed by atoms with E-state index in [-0.39, 0.29) is 11.6 Å². The van der Waals surface area contributed by atoms with Crippen molar-refractivity contribution in [2.45, 2.75) is 32.0 Å². The van der Waals surface area contributed by atoms with Crippen molar-refractivity contribution in [3.63, 3.8) is 0 Å². The fourth-order valence-corrected chi connectivity index (χ4v) is 2.63. The van der Waals surface area contributed by atoms with E-state index in [0.29, 0.717) is 23.1 Å². The molecule has 0 amide bonds. The largest absolute Gasteiger partial charge is 0.481 e. The number of carboxylic acid groups (broad SMARTS) is 1. The highest BCUT2D eigenvalue weighted by Crippen LogP contribution is 2.25. The van der Waals surface area contributed by atoms with Gasteiger partial charge in [-0.2, -0.15) is 0 Å². The minimum atomic E-state index is -0.898. The molecule has 1 heterocycles. The molecule has 112 valence electrons. The molecule has 0 bridgehead atoms. The molecule has 1 N–H and O–H groups in total. The summed E-state index contributed by atoms with van der Waals surface area (Å²) in [6.07, 6.45) is 0.867. The number of aromatic nitrogens is 3. The van der Waals surface area contributed by atoms with Crippen LogP contribution in [0.15, 0.2) is 23.4 Å². The number of hydrogen-bond acceptors (Lipinski definition) is 4. The maximum atomic E-state index is 13.4. The summed E-state index contributed by atoms with van der Waals surface area (Å²) in [5, 5.41) is 17.5. The lowest BCUT2D eigenvalue weighted by Crippen LogP contribution is -2.04. The molecule has 1 aromatic heterocycles. The zero-order valence-corrected chi connectivity index (χ0v) is 12.7. The van der Waals surface area contributed by atoms with Crippen molar-refractivity contribution >= 4 is 17.7 Å². The van der Waals surface area contributed by atoms with Crippen molar-refractivity contribution in [2.24, 2.45) is 0 Å². The summed E-state index contributed by atoms with van der Waals surface area (Å²) < 4.78 is 15.2. The van der Waals surface area contributed by atoms with E-state index in [0.717, 1.165) is 23.7 Å². The predicted molar refractivity (Wildman–Crippen MR) is 78.8 cm³/mol. The predicted octanol–water partition coefficient (Wildman–Crippen LogP) is 2.98. The molecule has 0 fully saturated rings. The van der Waals surface area contributed by atoms with Crippen molar-refractivity contribution in [3.05, 3.63) is 29.6 Å². The molecule has 2 rings (SSSR count). The normalized spacial score (nSPS) is 10.8. The van der Waals surface area contributed by atoms with Gasteiger partial charge in [0.25, 0.3) is 0 Å². The summed E-state index contributed by atoms with van der Waals surface area (Å²) in [7, 11) is 0. The zero-order valence-electron chi connectivity index (χ0n) is 11.8. The first kappa shape index (κ1) is 15.5. The van der Waals surface area contributed by atoms with Crippen LogP contribution >= 0.6 is 11.8 Å². The summed E-state index contributed by atoms with van der Waals surface area (Å²) >= 11 is 1.13. The van der Waals surface area contributed by atoms with Crippen LogP contribution in [0.25, 0.3) is 11.4 Å². The average Bonchev–Trinajstić information content (AvgIpc) is 2.83. The second-order valence-electron chi connectivity index (χ2n) is 4.60. The fourth-order valence-electron chi connectivity index (χ4n) is 1.94. The van der Waals surface area contributed by atoms with Gasteiger partial charge in [-0.05, 0) is 37.1 Å². The molecule has 5 nitrogen and oxygen atoms in total. The van der Waals surface area contributed by atoms with Gasteiger partial charge in [0, 0.05) is 12.1 Å². The van der Waals surface area contributed by atoms with E-state index in [4.69, 9.17) is 5.11 Å². The van der Waals surface area contributed by atoms with Gasteiger partial charge in [-0.15, -0.1) is 10.2 Å². The molecule has 0 saturated heterocycles. The van der Waals surface area contributed by atoms with E-state index >= 15 is 0 Å². The van der Waals surface area contributed by atoms with Crippen molar-refractivity contribution in [1.29, 1.82) is 0 Å². The first-order valence-electron chi connectivity index (χ1n) is 6.57. The zero-order chi connectivity index (χ0) is 15.4. The minimum Gasteiger partial charge on any atom is -0.481 e. The lowest BCUT2D eigenvalue weighted by molar-refractivity contribution is -0.133. The van der Waals surface area contributed by atoms with Crippen LogP contribution in [0.2, 0.25) is 0 Å². The van der Waals surface area contributed by atoms with Gasteiger partial charge in [0.2, 0.25) is 0 Å². The highest BCUT2D eigenvalue weighted by atomic mass is 32.2. The van der Waals surface area contributed by atoms with Crippen LogP contribution in [0.5, 0.6) is 0 Å². The maximum absolute atomic E-state index is 13.4. The summed E-state index contributed by atoms with van der Waals surface area (Å²) in [5.41, 5.74) is 1.32. The van der Waals surface area contributed by atoms with Crippen LogP contribution in [-0.2, 0) is 11.3 Å². The topological polar surface area (TPSA) is 68.0 Å². The first-order chi connectivity index (χ1) is 10.0. The number of aliphatic carboxylic acids is 1. The summed E-state index contributed by atoms with van der Waals surface area (Å²) in [5.74, 6) is -0.594. The molecular formula is C14H16FN3O2S. The summed E-state index contributed by atoms with van der Waals surface area (Å²) in [4.78, 5) is 10.7. The Bertz CT molecular complexity index is 658. The molecule has 1 aromatic carbocycles. The monoisotopic (exact) mass is 309 g/mol. The van der Waals surface area contributed by atoms with E-state index in [1.807, 2.05) is 11.5 Å². The van der Waals surface area contributed by atoms with Gasteiger partial charge >= 0.3 is 5.97 Å². The number of halogens is 1. The molecule has 0 aliphatic carbocycles. The number of thioether (sulfide) groups is 1. The Kier molecular flexibility index (Phi) is 4.95. The highest BCUT2D eigenvalue weighted by molar-refractivity contribution is 7.99. The molecule has 0 unspecified atom stereocenters. The highest BCUT2D eigenvalue weighted by Gasteiger charge is 2.15. The fraction of sp³-hybridized carbons (Fsp3) is 0.357. The van der Waals surface area contributed by atoms with Gasteiger partial charge in [-0.1, -0.05) is 18.7 Å². The Morgan fingerprint density at radius 3 is 2.81 bits per heavy atom. The van der Waals surface area contributed by atoms with Gasteiger partial charge in [0.15, 0.2) is 11.0 Å². The third-order valence-electron chi connectivity index (χ3n) is 2.90. The van der Waals surface area contributed by atoms with Gasteiger partial charge in [0.05, 0.1) is 5.75 Å². The number of rotatable bonds is 6. The molecule has 0 spiro atoms. The van der Waals surface area contributed by atoms with Crippen LogP contribution in [-0.4, -0.2) is 31.6 Å². The summed E-state index contributed by atoms with van der Waals surface area (Å²) in [6, 6.07) is 4.78. The Balaban J connectivity index is 2.38. The number of nitrogens with zero attached hydrogens (tertiary/aromatic N) is 3. The summed E-state index contributed by atoms with van der Waals surface area (Å²) in [6.45, 7) is 4.39. The third kappa shape index (κ3) is 3.60. The number of carboxylic acids is 1. The van der Waals surface area contributed by atoms with E-state index in [1.165, 1.54) is 6.07 Å². The molecule has 0 saturated carbocycles. The second kappa shape index (κ2) is 6.71. The Morgan fingerprint density at radius 2 is 2.19 bits per heavy atom. The molecule has 0 aliphatic heterocycles. The van der Waals surface area contributed by atoms with E-state index in [9.17, 15) is 9.18 Å². The van der Waals surface area contributed by atoms with Crippen molar-refractivity contribution in [3.8, 4) is 11.4 Å². The SMILES string of the molecule is CCCn1c(SCC(=O)O)nnc1-c1ccc(F)c(C)c1. The van der Waals surface area contributed by atoms with E-state index in [1.54, 1.807) is 19.1 Å². The molecule has 0 atom stereocenters. The van der Waals surface area contributed by atoms with Crippen molar-refractivity contribution < 1.29 is 14.3 Å². The Hall–Kier alpha value is -1.89. The van der Waals surface area contributed by atoms with Gasteiger partial charge < -0.3 is 9.67 Å². The lowest BCUT2D eigenvalue weighted by Gasteiger charge is -2.09. The lowest BCUT2D eigenvalue weighted by atomic mass is 10.1. The Morgan fingerprint density at radius 1 is 1.43 bits per heavy atom. The van der Waals surface area contributed by atoms with Gasteiger partial charge in [-0.25, -0.2) is 4.39 Å². The van der Waals surface area contributed by atoms with Crippen LogP contribution in [0.3, 0.4) is 0 Å². The molecule has 21 heavy (non-hydrogen) atoms. The Labute approximate surface area is 126 Å². The van der Waals surface area contributed by atoms with Gasteiger partial charge in [0.1, 0.15) is 5.82 Å². The quantitative estimate of drug-likeness (QED) is 0.831. The standard InChI is InChI=1S/C14H16FN3O2S/c1-3-6-18-13(10-4-5-11(15)9(2)7-10)16-17-14(18)21-8-12(19)20/h4-5,7H,3,6,8H2,1-2H3,(H,19,20). The van der Waals surface area contributed by atoms with Crippen molar-refractivity contribution in [1.82, 2.24) is 14.8 Å². The number of benzene rings is 1. The molecular weight excluding hydrogens is 293 g/mol. The minimum absolute atomic E-state index is 0.0652. The second-order valence-corrected chi connectivity index (χ2v) is 5.55.